The van der Waals surface area contributed by atoms with Crippen LogP contribution in [-0.4, -0.2) is 121 Å². The van der Waals surface area contributed by atoms with Gasteiger partial charge in [-0.3, -0.25) is 34.2 Å². The first kappa shape index (κ1) is 39.7. The lowest BCUT2D eigenvalue weighted by Crippen LogP contribution is -2.50. The van der Waals surface area contributed by atoms with Crippen LogP contribution in [0.25, 0.3) is 11.4 Å². The number of anilines is 2. The monoisotopic (exact) mass is 773 g/mol. The second-order valence-electron chi connectivity index (χ2n) is 12.6. The normalized spacial score (nSPS) is 13.4. The molecule has 4 aromatic rings. The van der Waals surface area contributed by atoms with Gasteiger partial charge in [0.05, 0.1) is 34.7 Å². The van der Waals surface area contributed by atoms with E-state index in [1.807, 2.05) is 5.10 Å². The zero-order valence-corrected chi connectivity index (χ0v) is 29.7. The largest absolute Gasteiger partial charge is 0.480 e. The highest BCUT2D eigenvalue weighted by atomic mass is 35.5. The van der Waals surface area contributed by atoms with Gasteiger partial charge in [0.25, 0.3) is 11.8 Å². The number of pyridine rings is 1. The summed E-state index contributed by atoms with van der Waals surface area (Å²) in [5, 5.41) is 17.7. The maximum Gasteiger partial charge on any atom is 0.433 e. The molecule has 0 bridgehead atoms. The summed E-state index contributed by atoms with van der Waals surface area (Å²) in [4.78, 5) is 66.1. The van der Waals surface area contributed by atoms with Crippen molar-refractivity contribution in [2.45, 2.75) is 31.9 Å². The number of piperazine rings is 1. The summed E-state index contributed by atoms with van der Waals surface area (Å²) in [6, 6.07) is 7.28. The molecule has 3 amide bonds. The highest BCUT2D eigenvalue weighted by molar-refractivity contribution is 6.34. The van der Waals surface area contributed by atoms with Crippen LogP contribution in [0.5, 0.6) is 0 Å². The van der Waals surface area contributed by atoms with E-state index in [4.69, 9.17) is 28.2 Å². The molecule has 1 fully saturated rings. The summed E-state index contributed by atoms with van der Waals surface area (Å²) in [5.41, 5.74) is 11.0. The third-order valence-corrected chi connectivity index (χ3v) is 8.98. The molecular weight excluding hydrogens is 735 g/mol. The minimum atomic E-state index is -4.74. The third-order valence-electron chi connectivity index (χ3n) is 8.67. The Labute approximate surface area is 312 Å². The molecule has 1 aliphatic rings. The fourth-order valence-electron chi connectivity index (χ4n) is 5.96. The molecule has 1 aromatic carbocycles. The summed E-state index contributed by atoms with van der Waals surface area (Å²) < 4.78 is 41.5. The van der Waals surface area contributed by atoms with E-state index < -0.39 is 23.7 Å². The average molecular weight is 774 g/mol. The Morgan fingerprint density at radius 3 is 2.37 bits per heavy atom. The lowest BCUT2D eigenvalue weighted by atomic mass is 10.0. The number of H-pyrrole nitrogens is 2. The number of aromatic nitrogens is 5. The van der Waals surface area contributed by atoms with E-state index in [2.05, 4.69) is 25.4 Å². The van der Waals surface area contributed by atoms with E-state index in [1.54, 1.807) is 14.7 Å². The van der Waals surface area contributed by atoms with Crippen LogP contribution in [0.4, 0.5) is 24.5 Å². The van der Waals surface area contributed by atoms with E-state index in [1.165, 1.54) is 42.7 Å². The third kappa shape index (κ3) is 10.1. The summed E-state index contributed by atoms with van der Waals surface area (Å²) in [5.74, 6) is -2.25. The smallest absolute Gasteiger partial charge is 0.433 e. The Kier molecular flexibility index (Phi) is 12.9. The Bertz CT molecular complexity index is 1960. The number of carboxylic acids is 1. The molecule has 1 saturated heterocycles. The van der Waals surface area contributed by atoms with Crippen molar-refractivity contribution in [3.63, 3.8) is 0 Å². The zero-order valence-electron chi connectivity index (χ0n) is 29.0. The number of rotatable bonds is 15. The van der Waals surface area contributed by atoms with Gasteiger partial charge in [-0.15, -0.1) is 0 Å². The van der Waals surface area contributed by atoms with Gasteiger partial charge >= 0.3 is 12.1 Å². The predicted octanol–water partition coefficient (Wildman–Crippen LogP) is 3.09. The maximum absolute atomic E-state index is 13.8. The van der Waals surface area contributed by atoms with Gasteiger partial charge in [0.2, 0.25) is 5.91 Å². The van der Waals surface area contributed by atoms with Crippen molar-refractivity contribution in [2.24, 2.45) is 5.73 Å². The molecule has 0 unspecified atom stereocenters. The number of nitrogens with two attached hydrogens (primary N) is 2. The number of carbonyl (C=O) groups excluding carboxylic acids is 3. The van der Waals surface area contributed by atoms with Crippen LogP contribution in [0.2, 0.25) is 5.02 Å². The van der Waals surface area contributed by atoms with Crippen LogP contribution in [0.3, 0.4) is 0 Å². The highest BCUT2D eigenvalue weighted by Gasteiger charge is 2.38. The molecule has 16 nitrogen and oxygen atoms in total. The van der Waals surface area contributed by atoms with E-state index in [-0.39, 0.29) is 89.0 Å². The molecule has 54 heavy (non-hydrogen) atoms. The Morgan fingerprint density at radius 2 is 1.72 bits per heavy atom. The molecule has 0 spiro atoms. The first-order valence-electron chi connectivity index (χ1n) is 17.0. The van der Waals surface area contributed by atoms with Crippen molar-refractivity contribution >= 4 is 46.7 Å². The van der Waals surface area contributed by atoms with Gasteiger partial charge in [0.15, 0.2) is 5.82 Å². The van der Waals surface area contributed by atoms with Crippen molar-refractivity contribution in [1.29, 1.82) is 0 Å². The summed E-state index contributed by atoms with van der Waals surface area (Å²) in [6.45, 7) is 2.53. The number of aliphatic carboxylic acids is 1. The number of nitrogen functional groups attached to an aromatic ring is 1. The van der Waals surface area contributed by atoms with Crippen LogP contribution < -0.4 is 16.8 Å². The second kappa shape index (κ2) is 17.5. The van der Waals surface area contributed by atoms with Gasteiger partial charge < -0.3 is 36.7 Å². The molecule has 20 heteroatoms. The topological polar surface area (TPSA) is 233 Å². The van der Waals surface area contributed by atoms with Crippen LogP contribution in [-0.2, 0) is 22.2 Å². The summed E-state index contributed by atoms with van der Waals surface area (Å²) in [7, 11) is 0. The fraction of sp³-hybridized carbons (Fsp3) is 0.382. The van der Waals surface area contributed by atoms with Crippen LogP contribution >= 0.6 is 11.6 Å². The predicted molar refractivity (Wildman–Crippen MR) is 191 cm³/mol. The van der Waals surface area contributed by atoms with Crippen molar-refractivity contribution in [3.05, 3.63) is 76.1 Å². The molecule has 8 N–H and O–H groups in total. The van der Waals surface area contributed by atoms with Crippen molar-refractivity contribution < 1.29 is 37.5 Å². The Hall–Kier alpha value is -5.53. The van der Waals surface area contributed by atoms with E-state index in [0.717, 1.165) is 0 Å². The fourth-order valence-corrected chi connectivity index (χ4v) is 6.22. The van der Waals surface area contributed by atoms with Gasteiger partial charge in [0, 0.05) is 62.2 Å². The number of alkyl halides is 3. The molecule has 0 atom stereocenters. The number of carboxylic acid groups (broad SMARTS) is 1. The van der Waals surface area contributed by atoms with Crippen molar-refractivity contribution in [2.75, 3.05) is 63.4 Å². The van der Waals surface area contributed by atoms with Crippen LogP contribution in [0, 0.1) is 0 Å². The standard InChI is InChI=1S/C34H39ClF3N11O5/c35-25-16-21(5-6-23(25)33(54)49-13-11-48(12-14-49)27(50)3-1-9-47(10-2-8-39)19-28(51)52)44-32(53)31-42-18-22(43-31)15-24-29(26-7-4-20(40)17-41-26)45-46-30(24)34(36,37)38/h4-7,16-18H,1-3,8-15,19,39-40H2,(H,42,43)(H,44,53)(H,45,46)(H,51,52). The number of halogens is 4. The molecule has 288 valence electrons. The molecule has 3 aromatic heterocycles. The lowest BCUT2D eigenvalue weighted by molar-refractivity contribution is -0.142. The number of aromatic amines is 2. The van der Waals surface area contributed by atoms with Gasteiger partial charge in [0.1, 0.15) is 11.4 Å². The van der Waals surface area contributed by atoms with Gasteiger partial charge in [-0.2, -0.15) is 18.3 Å². The number of nitrogens with zero attached hydrogens (tertiary/aromatic N) is 6. The number of hydrogen-bond acceptors (Lipinski definition) is 10. The Balaban J connectivity index is 1.15. The first-order valence-corrected chi connectivity index (χ1v) is 17.3. The summed E-state index contributed by atoms with van der Waals surface area (Å²) in [6.07, 6.45) is -1.10. The molecule has 0 aliphatic carbocycles. The minimum absolute atomic E-state index is 0.0320. The number of nitrogens with one attached hydrogen (secondary N) is 3. The SMILES string of the molecule is NCCCN(CCCC(=O)N1CCN(C(=O)c2ccc(NC(=O)c3ncc(Cc4c(-c5ccc(N)cn5)n[nH]c4C(F)(F)F)[nH]3)cc2Cl)CC1)CC(=O)O. The molecule has 0 saturated carbocycles. The zero-order chi connectivity index (χ0) is 39.0. The van der Waals surface area contributed by atoms with Gasteiger partial charge in [-0.05, 0) is 62.8 Å². The number of carbonyl (C=O) groups is 4. The minimum Gasteiger partial charge on any atom is -0.480 e. The van der Waals surface area contributed by atoms with Crippen LogP contribution in [0.15, 0.2) is 42.7 Å². The quantitative estimate of drug-likeness (QED) is 0.103. The maximum atomic E-state index is 13.8. The molecule has 5 rings (SSSR count). The molecule has 4 heterocycles. The van der Waals surface area contributed by atoms with Gasteiger partial charge in [-0.1, -0.05) is 11.6 Å². The number of imidazole rings is 1. The lowest BCUT2D eigenvalue weighted by Gasteiger charge is -2.35. The van der Waals surface area contributed by atoms with E-state index in [0.29, 0.717) is 51.3 Å². The number of benzene rings is 1. The van der Waals surface area contributed by atoms with E-state index in [9.17, 15) is 32.3 Å². The average Bonchev–Trinajstić information content (AvgIpc) is 3.78. The highest BCUT2D eigenvalue weighted by Crippen LogP contribution is 2.36. The van der Waals surface area contributed by atoms with Gasteiger partial charge in [-0.25, -0.2) is 4.98 Å². The molecule has 1 aliphatic heterocycles. The second-order valence-corrected chi connectivity index (χ2v) is 13.0. The number of amides is 3. The van der Waals surface area contributed by atoms with Crippen molar-refractivity contribution in [3.8, 4) is 11.4 Å². The Morgan fingerprint density at radius 1 is 1.00 bits per heavy atom. The molecular formula is C34H39ClF3N11O5. The van der Waals surface area contributed by atoms with E-state index >= 15 is 0 Å². The summed E-state index contributed by atoms with van der Waals surface area (Å²) >= 11 is 6.46. The number of hydrogen-bond donors (Lipinski definition) is 6. The molecule has 0 radical (unpaired) electrons. The van der Waals surface area contributed by atoms with Crippen LogP contribution in [0.1, 0.15) is 57.2 Å². The first-order chi connectivity index (χ1) is 25.7. The van der Waals surface area contributed by atoms with Crippen molar-refractivity contribution in [1.82, 2.24) is 39.8 Å².